The molecule has 142 valence electrons. The highest BCUT2D eigenvalue weighted by Crippen LogP contribution is 2.26. The van der Waals surface area contributed by atoms with Gasteiger partial charge in [0, 0.05) is 38.9 Å². The summed E-state index contributed by atoms with van der Waals surface area (Å²) in [4.78, 5) is 22.9. The first kappa shape index (κ1) is 17.3. The second kappa shape index (κ2) is 7.22. The van der Waals surface area contributed by atoms with Crippen molar-refractivity contribution >= 4 is 11.9 Å². The van der Waals surface area contributed by atoms with E-state index in [1.165, 1.54) is 0 Å². The van der Waals surface area contributed by atoms with Gasteiger partial charge in [0.05, 0.1) is 6.26 Å². The summed E-state index contributed by atoms with van der Waals surface area (Å²) >= 11 is 0. The molecule has 0 radical (unpaired) electrons. The van der Waals surface area contributed by atoms with Gasteiger partial charge in [0.25, 0.3) is 0 Å². The lowest BCUT2D eigenvalue weighted by atomic mass is 9.96. The summed E-state index contributed by atoms with van der Waals surface area (Å²) in [7, 11) is 1.78. The van der Waals surface area contributed by atoms with Gasteiger partial charge in [-0.1, -0.05) is 5.16 Å². The fourth-order valence-electron chi connectivity index (χ4n) is 3.21. The molecule has 3 aromatic rings. The number of amides is 1. The van der Waals surface area contributed by atoms with Gasteiger partial charge in [-0.15, -0.1) is 0 Å². The Bertz CT molecular complexity index is 888. The maximum Gasteiger partial charge on any atom is 0.238 e. The minimum absolute atomic E-state index is 0.0830. The van der Waals surface area contributed by atoms with Crippen molar-refractivity contribution in [3.8, 4) is 11.6 Å². The second-order valence-corrected chi connectivity index (χ2v) is 6.60. The van der Waals surface area contributed by atoms with Crippen LogP contribution in [0.4, 0.5) is 5.95 Å². The van der Waals surface area contributed by atoms with Crippen molar-refractivity contribution < 1.29 is 13.7 Å². The molecular weight excluding hydrogens is 350 g/mol. The van der Waals surface area contributed by atoms with Crippen LogP contribution in [0.15, 0.2) is 27.3 Å². The highest BCUT2D eigenvalue weighted by Gasteiger charge is 2.26. The molecule has 0 saturated carbocycles. The van der Waals surface area contributed by atoms with Crippen LogP contribution in [0.1, 0.15) is 36.9 Å². The fraction of sp³-hybridized carbons (Fsp3) is 0.471. The number of nitrogen functional groups attached to an aromatic ring is 1. The van der Waals surface area contributed by atoms with Crippen LogP contribution in [-0.2, 0) is 18.3 Å². The average Bonchev–Trinajstić information content (AvgIpc) is 3.42. The molecule has 3 aromatic heterocycles. The number of rotatable bonds is 5. The van der Waals surface area contributed by atoms with E-state index in [2.05, 4.69) is 20.2 Å². The van der Waals surface area contributed by atoms with E-state index in [4.69, 9.17) is 14.7 Å². The van der Waals surface area contributed by atoms with Gasteiger partial charge in [-0.2, -0.15) is 15.1 Å². The van der Waals surface area contributed by atoms with Crippen LogP contribution < -0.4 is 5.73 Å². The van der Waals surface area contributed by atoms with Crippen LogP contribution in [-0.4, -0.2) is 48.8 Å². The van der Waals surface area contributed by atoms with Crippen LogP contribution in [0.25, 0.3) is 11.6 Å². The molecule has 0 atom stereocenters. The number of nitrogens with zero attached hydrogens (tertiary/aromatic N) is 6. The smallest absolute Gasteiger partial charge is 0.238 e. The molecule has 10 heteroatoms. The predicted molar refractivity (Wildman–Crippen MR) is 94.3 cm³/mol. The minimum Gasteiger partial charge on any atom is -0.461 e. The summed E-state index contributed by atoms with van der Waals surface area (Å²) < 4.78 is 12.0. The molecule has 1 aliphatic rings. The average molecular weight is 371 g/mol. The largest absolute Gasteiger partial charge is 0.461 e. The SMILES string of the molecule is Cn1nc(C2CCN(C(=O)CCc3nc(-c4ccco4)no3)CC2)nc1N. The van der Waals surface area contributed by atoms with Crippen LogP contribution in [0.5, 0.6) is 0 Å². The van der Waals surface area contributed by atoms with E-state index in [1.54, 1.807) is 30.1 Å². The number of aromatic nitrogens is 5. The van der Waals surface area contributed by atoms with E-state index in [9.17, 15) is 4.79 Å². The molecule has 2 N–H and O–H groups in total. The normalized spacial score (nSPS) is 15.4. The minimum atomic E-state index is 0.0830. The van der Waals surface area contributed by atoms with Crippen molar-refractivity contribution in [1.82, 2.24) is 29.8 Å². The number of furan rings is 1. The predicted octanol–water partition coefficient (Wildman–Crippen LogP) is 1.38. The second-order valence-electron chi connectivity index (χ2n) is 6.60. The van der Waals surface area contributed by atoms with Crippen LogP contribution in [0.2, 0.25) is 0 Å². The van der Waals surface area contributed by atoms with E-state index in [0.717, 1.165) is 18.7 Å². The highest BCUT2D eigenvalue weighted by molar-refractivity contribution is 5.76. The number of hydrogen-bond donors (Lipinski definition) is 1. The molecule has 1 aliphatic heterocycles. The third-order valence-corrected chi connectivity index (χ3v) is 4.79. The first-order valence-corrected chi connectivity index (χ1v) is 8.91. The van der Waals surface area contributed by atoms with Gasteiger partial charge in [-0.05, 0) is 25.0 Å². The van der Waals surface area contributed by atoms with Gasteiger partial charge in [-0.25, -0.2) is 4.68 Å². The summed E-state index contributed by atoms with van der Waals surface area (Å²) in [6.07, 6.45) is 3.95. The third-order valence-electron chi connectivity index (χ3n) is 4.79. The molecular formula is C17H21N7O3. The summed E-state index contributed by atoms with van der Waals surface area (Å²) in [6.45, 7) is 1.37. The molecule has 4 rings (SSSR count). The van der Waals surface area contributed by atoms with Crippen molar-refractivity contribution in [2.45, 2.75) is 31.6 Å². The quantitative estimate of drug-likeness (QED) is 0.712. The van der Waals surface area contributed by atoms with E-state index in [0.29, 0.717) is 49.4 Å². The van der Waals surface area contributed by atoms with Crippen molar-refractivity contribution in [3.63, 3.8) is 0 Å². The van der Waals surface area contributed by atoms with E-state index < -0.39 is 0 Å². The first-order valence-electron chi connectivity index (χ1n) is 8.91. The molecule has 0 aromatic carbocycles. The lowest BCUT2D eigenvalue weighted by molar-refractivity contribution is -0.132. The zero-order chi connectivity index (χ0) is 18.8. The van der Waals surface area contributed by atoms with Gasteiger partial charge < -0.3 is 19.6 Å². The summed E-state index contributed by atoms with van der Waals surface area (Å²) in [5, 5.41) is 8.22. The molecule has 0 unspecified atom stereocenters. The van der Waals surface area contributed by atoms with Crippen molar-refractivity contribution in [2.75, 3.05) is 18.8 Å². The van der Waals surface area contributed by atoms with Gasteiger partial charge in [0.15, 0.2) is 11.6 Å². The topological polar surface area (TPSA) is 129 Å². The Labute approximate surface area is 155 Å². The monoisotopic (exact) mass is 371 g/mol. The number of nitrogens with two attached hydrogens (primary N) is 1. The van der Waals surface area contributed by atoms with E-state index in [1.807, 2.05) is 4.90 Å². The number of hydrogen-bond acceptors (Lipinski definition) is 8. The first-order chi connectivity index (χ1) is 13.1. The number of aryl methyl sites for hydroxylation is 2. The number of piperidine rings is 1. The Morgan fingerprint density at radius 2 is 2.15 bits per heavy atom. The summed E-state index contributed by atoms with van der Waals surface area (Å²) in [5.41, 5.74) is 5.75. The Kier molecular flexibility index (Phi) is 4.61. The zero-order valence-electron chi connectivity index (χ0n) is 15.0. The Balaban J connectivity index is 1.27. The lowest BCUT2D eigenvalue weighted by Crippen LogP contribution is -2.38. The Morgan fingerprint density at radius 3 is 2.81 bits per heavy atom. The van der Waals surface area contributed by atoms with E-state index in [-0.39, 0.29) is 11.8 Å². The number of carbonyl (C=O) groups excluding carboxylic acids is 1. The van der Waals surface area contributed by atoms with Crippen molar-refractivity contribution in [2.24, 2.45) is 7.05 Å². The maximum atomic E-state index is 12.5. The molecule has 0 spiro atoms. The van der Waals surface area contributed by atoms with Gasteiger partial charge in [-0.3, -0.25) is 4.79 Å². The molecule has 4 heterocycles. The van der Waals surface area contributed by atoms with Gasteiger partial charge in [0.1, 0.15) is 0 Å². The molecule has 27 heavy (non-hydrogen) atoms. The molecule has 1 fully saturated rings. The molecule has 1 amide bonds. The molecule has 10 nitrogen and oxygen atoms in total. The fourth-order valence-corrected chi connectivity index (χ4v) is 3.21. The van der Waals surface area contributed by atoms with Crippen molar-refractivity contribution in [3.05, 3.63) is 30.1 Å². The van der Waals surface area contributed by atoms with Crippen molar-refractivity contribution in [1.29, 1.82) is 0 Å². The van der Waals surface area contributed by atoms with Gasteiger partial charge >= 0.3 is 0 Å². The van der Waals surface area contributed by atoms with Crippen LogP contribution in [0, 0.1) is 0 Å². The Morgan fingerprint density at radius 1 is 1.33 bits per heavy atom. The Hall–Kier alpha value is -3.17. The third kappa shape index (κ3) is 3.69. The van der Waals surface area contributed by atoms with Gasteiger partial charge in [0.2, 0.25) is 23.6 Å². The highest BCUT2D eigenvalue weighted by atomic mass is 16.5. The lowest BCUT2D eigenvalue weighted by Gasteiger charge is -2.30. The standard InChI is InChI=1S/C17H21N7O3/c1-23-17(18)20-15(21-23)11-6-8-24(9-7-11)14(25)5-4-13-19-16(22-27-13)12-3-2-10-26-12/h2-3,10-11H,4-9H2,1H3,(H2,18,20,21). The summed E-state index contributed by atoms with van der Waals surface area (Å²) in [6, 6.07) is 3.52. The summed E-state index contributed by atoms with van der Waals surface area (Å²) in [5.74, 6) is 2.87. The number of anilines is 1. The molecule has 0 aliphatic carbocycles. The molecule has 0 bridgehead atoms. The maximum absolute atomic E-state index is 12.5. The van der Waals surface area contributed by atoms with E-state index >= 15 is 0 Å². The number of carbonyl (C=O) groups is 1. The molecule has 1 saturated heterocycles. The van der Waals surface area contributed by atoms with Crippen LogP contribution in [0.3, 0.4) is 0 Å². The van der Waals surface area contributed by atoms with Crippen LogP contribution >= 0.6 is 0 Å². The zero-order valence-corrected chi connectivity index (χ0v) is 15.0. The number of likely N-dealkylation sites (tertiary alicyclic amines) is 1.